The third-order valence-corrected chi connectivity index (χ3v) is 11.1. The van der Waals surface area contributed by atoms with Gasteiger partial charge in [-0.05, 0) is 69.5 Å². The van der Waals surface area contributed by atoms with E-state index in [2.05, 4.69) is 35.4 Å². The lowest BCUT2D eigenvalue weighted by Gasteiger charge is -2.31. The number of hydrogen-bond donors (Lipinski definition) is 1. The average molecular weight is 776 g/mol. The van der Waals surface area contributed by atoms with Gasteiger partial charge in [-0.15, -0.1) is 33.1 Å². The zero-order valence-corrected chi connectivity index (χ0v) is 32.2. The summed E-state index contributed by atoms with van der Waals surface area (Å²) in [6, 6.07) is 14.3. The summed E-state index contributed by atoms with van der Waals surface area (Å²) in [7, 11) is 0. The Kier molecular flexibility index (Phi) is 12.1. The van der Waals surface area contributed by atoms with Crippen molar-refractivity contribution in [3.8, 4) is 16.8 Å². The Morgan fingerprint density at radius 2 is 1.89 bits per heavy atom. The molecule has 0 aliphatic carbocycles. The maximum atomic E-state index is 13.4. The monoisotopic (exact) mass is 774 g/mol. The molecule has 2 aromatic carbocycles. The van der Waals surface area contributed by atoms with Crippen LogP contribution in [0.15, 0.2) is 47.5 Å². The van der Waals surface area contributed by atoms with Crippen molar-refractivity contribution in [1.82, 2.24) is 20.1 Å². The van der Waals surface area contributed by atoms with Gasteiger partial charge in [-0.1, -0.05) is 30.2 Å². The molecule has 53 heavy (non-hydrogen) atoms. The molecular weight excluding hydrogens is 735 g/mol. The van der Waals surface area contributed by atoms with Gasteiger partial charge in [0.1, 0.15) is 35.1 Å². The first-order valence-corrected chi connectivity index (χ1v) is 19.3. The van der Waals surface area contributed by atoms with Gasteiger partial charge in [0.15, 0.2) is 5.82 Å². The third-order valence-electron chi connectivity index (χ3n) is 9.41. The van der Waals surface area contributed by atoms with E-state index < -0.39 is 6.04 Å². The first-order valence-electron chi connectivity index (χ1n) is 17.5. The number of fused-ring (bicyclic) bond motifs is 4. The van der Waals surface area contributed by atoms with Crippen LogP contribution in [0.1, 0.15) is 77.8 Å². The number of alkyl halides is 1. The fraction of sp³-hybridized carbons (Fsp3) is 0.395. The largest absolute Gasteiger partial charge is 0.490 e. The molecule has 2 aliphatic heterocycles. The Bertz CT molecular complexity index is 2090. The van der Waals surface area contributed by atoms with Crippen molar-refractivity contribution in [3.63, 3.8) is 0 Å². The highest BCUT2D eigenvalue weighted by Crippen LogP contribution is 2.40. The van der Waals surface area contributed by atoms with Gasteiger partial charge in [0.05, 0.1) is 36.9 Å². The zero-order chi connectivity index (χ0) is 37.6. The maximum Gasteiger partial charge on any atom is 0.241 e. The van der Waals surface area contributed by atoms with Crippen molar-refractivity contribution in [1.29, 1.82) is 5.26 Å². The lowest BCUT2D eigenvalue weighted by atomic mass is 9.99. The number of aliphatic imine (C=N–C) groups is 1. The number of anilines is 2. The summed E-state index contributed by atoms with van der Waals surface area (Å²) >= 11 is 13.7. The average Bonchev–Trinajstić information content (AvgIpc) is 3.64. The first kappa shape index (κ1) is 38.0. The summed E-state index contributed by atoms with van der Waals surface area (Å²) in [6.07, 6.45) is 2.65. The Morgan fingerprint density at radius 3 is 2.64 bits per heavy atom. The molecule has 0 fully saturated rings. The molecule has 2 aliphatic rings. The second-order valence-electron chi connectivity index (χ2n) is 12.9. The van der Waals surface area contributed by atoms with Crippen LogP contribution in [-0.2, 0) is 14.4 Å². The molecule has 2 aromatic heterocycles. The second kappa shape index (κ2) is 16.9. The van der Waals surface area contributed by atoms with Crippen LogP contribution in [0.3, 0.4) is 0 Å². The van der Waals surface area contributed by atoms with E-state index in [9.17, 15) is 14.4 Å². The minimum Gasteiger partial charge on any atom is -0.490 e. The number of aromatic nitrogens is 3. The SMILES string of the molecule is Cc1sc2c(c1C)C(c1ccc(Cl)cc1)=N[C@@H](CC(=O)NCCCCCC(=O)N1CCOc3ccc(N(CCC#N)C(=O)CCl)cc31)c1nnc(C)n1-2. The number of carbonyl (C=O) groups excluding carboxylic acids is 3. The summed E-state index contributed by atoms with van der Waals surface area (Å²) in [5, 5.41) is 22.6. The standard InChI is InChI=1S/C38H40Cl2N8O4S/c1-23-24(2)53-38-35(23)36(26-9-11-27(40)12-10-26)43-29(37-45-44-25(3)48(37)38)21-32(49)42-16-6-4-5-8-33(50)47-18-19-52-31-14-13-28(20-30(31)47)46(17-7-15-41)34(51)22-39/h9-14,20,29H,4-8,16-19,21-22H2,1-3H3,(H,42,49)/t29-/m0/s1. The molecule has 1 N–H and O–H groups in total. The minimum absolute atomic E-state index is 0.0518. The Morgan fingerprint density at radius 1 is 1.09 bits per heavy atom. The van der Waals surface area contributed by atoms with Crippen LogP contribution in [-0.4, -0.2) is 70.3 Å². The molecule has 4 aromatic rings. The number of nitrogens with one attached hydrogen (secondary N) is 1. The van der Waals surface area contributed by atoms with Crippen molar-refractivity contribution in [2.24, 2.45) is 4.99 Å². The predicted octanol–water partition coefficient (Wildman–Crippen LogP) is 6.78. The van der Waals surface area contributed by atoms with Crippen LogP contribution >= 0.6 is 34.5 Å². The Balaban J connectivity index is 1.06. The number of nitriles is 1. The van der Waals surface area contributed by atoms with Crippen LogP contribution in [0.4, 0.5) is 11.4 Å². The van der Waals surface area contributed by atoms with E-state index in [1.807, 2.05) is 35.8 Å². The molecule has 15 heteroatoms. The molecule has 0 bridgehead atoms. The zero-order valence-electron chi connectivity index (χ0n) is 29.8. The number of hydrogen-bond acceptors (Lipinski definition) is 9. The van der Waals surface area contributed by atoms with Gasteiger partial charge in [-0.2, -0.15) is 5.26 Å². The fourth-order valence-electron chi connectivity index (χ4n) is 6.59. The van der Waals surface area contributed by atoms with Crippen molar-refractivity contribution < 1.29 is 19.1 Å². The highest BCUT2D eigenvalue weighted by atomic mass is 35.5. The van der Waals surface area contributed by atoms with E-state index in [0.717, 1.165) is 39.6 Å². The third kappa shape index (κ3) is 8.25. The highest BCUT2D eigenvalue weighted by molar-refractivity contribution is 7.15. The van der Waals surface area contributed by atoms with Crippen molar-refractivity contribution in [2.75, 3.05) is 41.9 Å². The molecule has 276 valence electrons. The number of thiophene rings is 1. The molecule has 4 heterocycles. The maximum absolute atomic E-state index is 13.4. The molecular formula is C38H40Cl2N8O4S. The Labute approximate surface area is 322 Å². The van der Waals surface area contributed by atoms with Gasteiger partial charge in [-0.25, -0.2) is 0 Å². The number of halogens is 2. The number of rotatable bonds is 13. The molecule has 0 spiro atoms. The number of ether oxygens (including phenoxy) is 1. The van der Waals surface area contributed by atoms with Crippen LogP contribution < -0.4 is 19.9 Å². The summed E-state index contributed by atoms with van der Waals surface area (Å²) in [5.41, 5.74) is 4.98. The van der Waals surface area contributed by atoms with E-state index in [1.165, 1.54) is 9.78 Å². The summed E-state index contributed by atoms with van der Waals surface area (Å²) in [4.78, 5) is 48.7. The number of aryl methyl sites for hydroxylation is 2. The number of carbonyl (C=O) groups is 3. The van der Waals surface area contributed by atoms with Gasteiger partial charge in [0, 0.05) is 46.2 Å². The predicted molar refractivity (Wildman–Crippen MR) is 207 cm³/mol. The van der Waals surface area contributed by atoms with E-state index in [4.69, 9.17) is 38.2 Å². The fourth-order valence-corrected chi connectivity index (χ4v) is 8.07. The molecule has 0 radical (unpaired) electrons. The Hall–Kier alpha value is -4.77. The van der Waals surface area contributed by atoms with Gasteiger partial charge in [0.25, 0.3) is 0 Å². The number of nitrogens with zero attached hydrogens (tertiary/aromatic N) is 7. The molecule has 1 atom stereocenters. The molecule has 0 saturated carbocycles. The summed E-state index contributed by atoms with van der Waals surface area (Å²) in [6.45, 7) is 7.49. The van der Waals surface area contributed by atoms with Crippen molar-refractivity contribution in [2.45, 2.75) is 65.3 Å². The van der Waals surface area contributed by atoms with Crippen LogP contribution in [0.5, 0.6) is 5.75 Å². The van der Waals surface area contributed by atoms with E-state index >= 15 is 0 Å². The minimum atomic E-state index is -0.554. The van der Waals surface area contributed by atoms with Crippen LogP contribution in [0.2, 0.25) is 5.02 Å². The molecule has 0 saturated heterocycles. The summed E-state index contributed by atoms with van der Waals surface area (Å²) < 4.78 is 7.81. The van der Waals surface area contributed by atoms with E-state index in [1.54, 1.807) is 34.4 Å². The second-order valence-corrected chi connectivity index (χ2v) is 14.8. The molecule has 0 unspecified atom stereocenters. The number of benzene rings is 2. The van der Waals surface area contributed by atoms with Gasteiger partial charge < -0.3 is 19.9 Å². The number of unbranched alkanes of at least 4 members (excludes halogenated alkanes) is 2. The number of amides is 3. The summed E-state index contributed by atoms with van der Waals surface area (Å²) in [5.74, 6) is 1.17. The smallest absolute Gasteiger partial charge is 0.241 e. The topological polar surface area (TPSA) is 146 Å². The molecule has 3 amide bonds. The highest BCUT2D eigenvalue weighted by Gasteiger charge is 2.32. The van der Waals surface area contributed by atoms with Crippen molar-refractivity contribution >= 4 is 69.3 Å². The van der Waals surface area contributed by atoms with Gasteiger partial charge >= 0.3 is 0 Å². The lowest BCUT2D eigenvalue weighted by Crippen LogP contribution is -2.38. The normalized spacial score (nSPS) is 14.5. The lowest BCUT2D eigenvalue weighted by molar-refractivity contribution is -0.121. The van der Waals surface area contributed by atoms with Crippen molar-refractivity contribution in [3.05, 3.63) is 80.7 Å². The van der Waals surface area contributed by atoms with Gasteiger partial charge in [0.2, 0.25) is 17.7 Å². The van der Waals surface area contributed by atoms with E-state index in [-0.39, 0.29) is 43.0 Å². The van der Waals surface area contributed by atoms with Gasteiger partial charge in [-0.3, -0.25) is 23.9 Å². The first-order chi connectivity index (χ1) is 25.6. The van der Waals surface area contributed by atoms with E-state index in [0.29, 0.717) is 66.9 Å². The molecule has 6 rings (SSSR count). The molecule has 12 nitrogen and oxygen atoms in total. The van der Waals surface area contributed by atoms with Crippen LogP contribution in [0.25, 0.3) is 5.00 Å². The van der Waals surface area contributed by atoms with Crippen LogP contribution in [0, 0.1) is 32.1 Å². The quantitative estimate of drug-likeness (QED) is 0.116.